The van der Waals surface area contributed by atoms with Crippen molar-refractivity contribution in [2.75, 3.05) is 43.3 Å². The molecule has 0 radical (unpaired) electrons. The SMILES string of the molecule is CC=CN1CCC[C@@H](n2nc(-c3ccc(NC(=O)c4ccc(NC)cc4)c4c3OCO4)c3c(N)ncnc32)C1. The van der Waals surface area contributed by atoms with Crippen molar-refractivity contribution in [2.45, 2.75) is 25.8 Å². The number of hydrogen-bond acceptors (Lipinski definition) is 9. The molecule has 1 atom stereocenters. The van der Waals surface area contributed by atoms with Crippen molar-refractivity contribution in [1.29, 1.82) is 0 Å². The maximum atomic E-state index is 13.0. The number of rotatable bonds is 6. The summed E-state index contributed by atoms with van der Waals surface area (Å²) in [7, 11) is 1.83. The Balaban J connectivity index is 1.38. The highest BCUT2D eigenvalue weighted by Gasteiger charge is 2.30. The Morgan fingerprint density at radius 3 is 2.74 bits per heavy atom. The molecule has 39 heavy (non-hydrogen) atoms. The molecule has 11 nitrogen and oxygen atoms in total. The Labute approximate surface area is 225 Å². The molecule has 200 valence electrons. The zero-order valence-corrected chi connectivity index (χ0v) is 21.8. The van der Waals surface area contributed by atoms with Gasteiger partial charge in [-0.15, -0.1) is 0 Å². The predicted octanol–water partition coefficient (Wildman–Crippen LogP) is 4.27. The molecule has 1 fully saturated rings. The largest absolute Gasteiger partial charge is 0.453 e. The van der Waals surface area contributed by atoms with Gasteiger partial charge in [-0.3, -0.25) is 4.79 Å². The molecule has 11 heteroatoms. The van der Waals surface area contributed by atoms with E-state index in [1.165, 1.54) is 6.33 Å². The van der Waals surface area contributed by atoms with Gasteiger partial charge in [0.15, 0.2) is 17.1 Å². The first-order valence-electron chi connectivity index (χ1n) is 12.9. The Morgan fingerprint density at radius 2 is 1.95 bits per heavy atom. The number of amides is 1. The number of nitrogens with one attached hydrogen (secondary N) is 2. The number of benzene rings is 2. The van der Waals surface area contributed by atoms with Gasteiger partial charge in [0.05, 0.1) is 17.1 Å². The number of anilines is 3. The lowest BCUT2D eigenvalue weighted by Gasteiger charge is -2.32. The molecular formula is C28H30N8O3. The molecule has 4 N–H and O–H groups in total. The van der Waals surface area contributed by atoms with Gasteiger partial charge >= 0.3 is 0 Å². The number of carbonyl (C=O) groups excluding carboxylic acids is 1. The Kier molecular flexibility index (Phi) is 6.39. The maximum absolute atomic E-state index is 13.0. The summed E-state index contributed by atoms with van der Waals surface area (Å²) in [5.74, 6) is 1.03. The van der Waals surface area contributed by atoms with E-state index in [0.29, 0.717) is 50.9 Å². The van der Waals surface area contributed by atoms with Crippen LogP contribution in [0.4, 0.5) is 17.2 Å². The highest BCUT2D eigenvalue weighted by molar-refractivity contribution is 6.06. The molecular weight excluding hydrogens is 496 g/mol. The van der Waals surface area contributed by atoms with Crippen molar-refractivity contribution in [3.63, 3.8) is 0 Å². The van der Waals surface area contributed by atoms with Crippen LogP contribution in [0.1, 0.15) is 36.2 Å². The van der Waals surface area contributed by atoms with Crippen LogP contribution in [0.25, 0.3) is 22.3 Å². The molecule has 0 spiro atoms. The summed E-state index contributed by atoms with van der Waals surface area (Å²) in [4.78, 5) is 24.1. The molecule has 2 aromatic heterocycles. The number of allylic oxidation sites excluding steroid dienone is 1. The van der Waals surface area contributed by atoms with Gasteiger partial charge in [-0.1, -0.05) is 6.08 Å². The smallest absolute Gasteiger partial charge is 0.255 e. The fraction of sp³-hybridized carbons (Fsp3) is 0.286. The van der Waals surface area contributed by atoms with Crippen LogP contribution in [-0.2, 0) is 0 Å². The van der Waals surface area contributed by atoms with E-state index in [-0.39, 0.29) is 18.7 Å². The topological polar surface area (TPSA) is 132 Å². The van der Waals surface area contributed by atoms with Crippen LogP contribution in [0.5, 0.6) is 11.5 Å². The first kappa shape index (κ1) is 24.5. The van der Waals surface area contributed by atoms with Crippen LogP contribution < -0.4 is 25.8 Å². The van der Waals surface area contributed by atoms with Gasteiger partial charge in [-0.2, -0.15) is 5.10 Å². The minimum absolute atomic E-state index is 0.0254. The van der Waals surface area contributed by atoms with Crippen molar-refractivity contribution >= 4 is 34.1 Å². The molecule has 0 aliphatic carbocycles. The third-order valence-electron chi connectivity index (χ3n) is 7.11. The molecule has 1 amide bonds. The number of nitrogens with two attached hydrogens (primary N) is 1. The number of ether oxygens (including phenoxy) is 2. The van der Waals surface area contributed by atoms with Gasteiger partial charge in [-0.25, -0.2) is 14.6 Å². The van der Waals surface area contributed by atoms with Crippen molar-refractivity contribution in [3.8, 4) is 22.8 Å². The summed E-state index contributed by atoms with van der Waals surface area (Å²) in [6.45, 7) is 3.88. The van der Waals surface area contributed by atoms with Crippen molar-refractivity contribution in [1.82, 2.24) is 24.6 Å². The molecule has 1 saturated heterocycles. The number of likely N-dealkylation sites (tertiary alicyclic amines) is 1. The lowest BCUT2D eigenvalue weighted by molar-refractivity contribution is 0.102. The van der Waals surface area contributed by atoms with Gasteiger partial charge in [0.1, 0.15) is 17.8 Å². The second-order valence-corrected chi connectivity index (χ2v) is 9.53. The standard InChI is InChI=1S/C28H30N8O3/c1-3-12-35-13-4-5-19(14-35)36-27-22(26(29)31-15-32-27)23(34-36)20-10-11-21(25-24(20)38-16-39-25)33-28(37)17-6-8-18(30-2)9-7-17/h3,6-12,15,19,30H,4-5,13-14,16H2,1-2H3,(H,33,37)(H2,29,31,32)/t19-/m1/s1. The number of carbonyl (C=O) groups is 1. The number of nitrogens with zero attached hydrogens (tertiary/aromatic N) is 5. The average Bonchev–Trinajstić information content (AvgIpc) is 3.61. The first-order chi connectivity index (χ1) is 19.1. The lowest BCUT2D eigenvalue weighted by atomic mass is 10.1. The lowest BCUT2D eigenvalue weighted by Crippen LogP contribution is -2.33. The van der Waals surface area contributed by atoms with Crippen LogP contribution in [0.15, 0.2) is 55.0 Å². The third kappa shape index (κ3) is 4.45. The van der Waals surface area contributed by atoms with Crippen molar-refractivity contribution in [2.24, 2.45) is 0 Å². The fourth-order valence-corrected chi connectivity index (χ4v) is 5.23. The molecule has 0 saturated carbocycles. The van der Waals surface area contributed by atoms with Crippen LogP contribution in [0.2, 0.25) is 0 Å². The number of aromatic nitrogens is 4. The highest BCUT2D eigenvalue weighted by atomic mass is 16.7. The molecule has 4 aromatic rings. The predicted molar refractivity (Wildman–Crippen MR) is 150 cm³/mol. The monoisotopic (exact) mass is 526 g/mol. The van der Waals surface area contributed by atoms with Crippen LogP contribution in [-0.4, -0.2) is 57.5 Å². The molecule has 0 bridgehead atoms. The summed E-state index contributed by atoms with van der Waals surface area (Å²) in [6.07, 6.45) is 7.66. The Bertz CT molecular complexity index is 1560. The van der Waals surface area contributed by atoms with E-state index >= 15 is 0 Å². The molecule has 2 aromatic carbocycles. The molecule has 6 rings (SSSR count). The van der Waals surface area contributed by atoms with E-state index in [9.17, 15) is 4.79 Å². The quantitative estimate of drug-likeness (QED) is 0.337. The van der Waals surface area contributed by atoms with Crippen molar-refractivity contribution in [3.05, 3.63) is 60.6 Å². The minimum atomic E-state index is -0.251. The Morgan fingerprint density at radius 1 is 1.13 bits per heavy atom. The summed E-state index contributed by atoms with van der Waals surface area (Å²) >= 11 is 0. The summed E-state index contributed by atoms with van der Waals surface area (Å²) in [5, 5.41) is 11.7. The van der Waals surface area contributed by atoms with E-state index in [0.717, 1.165) is 31.6 Å². The van der Waals surface area contributed by atoms with Crippen LogP contribution in [0.3, 0.4) is 0 Å². The second kappa shape index (κ2) is 10.2. The van der Waals surface area contributed by atoms with E-state index in [2.05, 4.69) is 31.7 Å². The van der Waals surface area contributed by atoms with Gasteiger partial charge in [-0.05, 0) is 62.4 Å². The number of piperidine rings is 1. The van der Waals surface area contributed by atoms with Crippen LogP contribution >= 0.6 is 0 Å². The summed E-state index contributed by atoms with van der Waals surface area (Å²) in [5.41, 5.74) is 10.3. The van der Waals surface area contributed by atoms with Crippen LogP contribution in [0, 0.1) is 0 Å². The first-order valence-corrected chi connectivity index (χ1v) is 12.9. The average molecular weight is 527 g/mol. The van der Waals surface area contributed by atoms with Gasteiger partial charge < -0.3 is 30.7 Å². The van der Waals surface area contributed by atoms with Gasteiger partial charge in [0.25, 0.3) is 5.91 Å². The van der Waals surface area contributed by atoms with Crippen molar-refractivity contribution < 1.29 is 14.3 Å². The van der Waals surface area contributed by atoms with E-state index in [4.69, 9.17) is 20.3 Å². The molecule has 2 aliphatic heterocycles. The van der Waals surface area contributed by atoms with E-state index < -0.39 is 0 Å². The number of fused-ring (bicyclic) bond motifs is 2. The number of hydrogen-bond donors (Lipinski definition) is 3. The second-order valence-electron chi connectivity index (χ2n) is 9.53. The Hall–Kier alpha value is -4.80. The zero-order valence-electron chi connectivity index (χ0n) is 21.8. The minimum Gasteiger partial charge on any atom is -0.453 e. The molecule has 2 aliphatic rings. The van der Waals surface area contributed by atoms with Gasteiger partial charge in [0, 0.05) is 37.0 Å². The zero-order chi connectivity index (χ0) is 26.9. The normalized spacial score (nSPS) is 16.7. The van der Waals surface area contributed by atoms with E-state index in [1.807, 2.05) is 42.9 Å². The third-order valence-corrected chi connectivity index (χ3v) is 7.11. The number of nitrogen functional groups attached to an aromatic ring is 1. The maximum Gasteiger partial charge on any atom is 0.255 e. The fourth-order valence-electron chi connectivity index (χ4n) is 5.23. The highest BCUT2D eigenvalue weighted by Crippen LogP contribution is 2.48. The summed E-state index contributed by atoms with van der Waals surface area (Å²) in [6, 6.07) is 11.0. The van der Waals surface area contributed by atoms with E-state index in [1.54, 1.807) is 18.2 Å². The summed E-state index contributed by atoms with van der Waals surface area (Å²) < 4.78 is 13.7. The molecule has 4 heterocycles. The van der Waals surface area contributed by atoms with Gasteiger partial charge in [0.2, 0.25) is 6.79 Å². The molecule has 0 unspecified atom stereocenters.